The molecule has 0 bridgehead atoms. The van der Waals surface area contributed by atoms with Crippen molar-refractivity contribution in [2.24, 2.45) is 0 Å². The second-order valence-electron chi connectivity index (χ2n) is 8.47. The van der Waals surface area contributed by atoms with Gasteiger partial charge in [-0.3, -0.25) is 9.78 Å². The fourth-order valence-electron chi connectivity index (χ4n) is 4.29. The summed E-state index contributed by atoms with van der Waals surface area (Å²) in [6.45, 7) is 5.33. The second-order valence-corrected chi connectivity index (χ2v) is 8.47. The number of carboxylic acid groups (broad SMARTS) is 1. The zero-order valence-corrected chi connectivity index (χ0v) is 19.2. The molecule has 0 amide bonds. The van der Waals surface area contributed by atoms with Crippen LogP contribution in [-0.4, -0.2) is 16.1 Å². The lowest BCUT2D eigenvalue weighted by Crippen LogP contribution is -2.14. The van der Waals surface area contributed by atoms with E-state index < -0.39 is 23.4 Å². The molecule has 0 radical (unpaired) electrons. The van der Waals surface area contributed by atoms with Gasteiger partial charge < -0.3 is 19.3 Å². The monoisotopic (exact) mass is 472 g/mol. The first-order chi connectivity index (χ1) is 16.7. The zero-order valence-electron chi connectivity index (χ0n) is 19.2. The molecule has 2 aromatic carbocycles. The van der Waals surface area contributed by atoms with E-state index in [2.05, 4.69) is 10.3 Å². The Morgan fingerprint density at radius 1 is 1.14 bits per heavy atom. The van der Waals surface area contributed by atoms with Gasteiger partial charge >= 0.3 is 5.97 Å². The van der Waals surface area contributed by atoms with Crippen LogP contribution >= 0.6 is 0 Å². The number of aromatic nitrogens is 1. The molecule has 3 heterocycles. The molecule has 0 spiro atoms. The molecule has 0 saturated carbocycles. The maximum Gasteiger partial charge on any atom is 0.340 e. The first kappa shape index (κ1) is 22.3. The Morgan fingerprint density at radius 3 is 2.69 bits per heavy atom. The maximum absolute atomic E-state index is 14.2. The van der Waals surface area contributed by atoms with Crippen LogP contribution in [0.15, 0.2) is 68.5 Å². The number of benzene rings is 2. The lowest BCUT2D eigenvalue weighted by atomic mass is 9.99. The molecule has 0 aliphatic carbocycles. The number of nitrogens with one attached hydrogen (secondary N) is 1. The number of hydrogen-bond acceptors (Lipinski definition) is 6. The first-order valence-corrected chi connectivity index (χ1v) is 10.9. The van der Waals surface area contributed by atoms with Crippen LogP contribution in [0.5, 0.6) is 0 Å². The van der Waals surface area contributed by atoms with Gasteiger partial charge in [0.15, 0.2) is 16.9 Å². The van der Waals surface area contributed by atoms with Crippen molar-refractivity contribution in [2.45, 2.75) is 26.8 Å². The van der Waals surface area contributed by atoms with E-state index in [1.807, 2.05) is 13.0 Å². The molecule has 1 unspecified atom stereocenters. The van der Waals surface area contributed by atoms with Crippen LogP contribution in [0.1, 0.15) is 40.0 Å². The second kappa shape index (κ2) is 8.39. The largest absolute Gasteiger partial charge is 0.478 e. The average molecular weight is 472 g/mol. The number of anilines is 1. The van der Waals surface area contributed by atoms with E-state index in [9.17, 15) is 19.1 Å². The summed E-state index contributed by atoms with van der Waals surface area (Å²) in [5.41, 5.74) is 2.28. The minimum atomic E-state index is -1.38. The molecule has 0 aliphatic rings. The van der Waals surface area contributed by atoms with Crippen LogP contribution in [0.3, 0.4) is 0 Å². The molecule has 2 N–H and O–H groups in total. The highest BCUT2D eigenvalue weighted by Gasteiger charge is 2.22. The average Bonchev–Trinajstić information content (AvgIpc) is 3.25. The SMILES string of the molecule is Cc1cc(C(C)Nc2cccc(F)c2C(=O)O)c2oc(-c3cc4cnccc4o3)c(C)c(=O)c2c1. The van der Waals surface area contributed by atoms with Gasteiger partial charge in [0, 0.05) is 28.9 Å². The third-order valence-corrected chi connectivity index (χ3v) is 6.00. The third kappa shape index (κ3) is 3.82. The Labute approximate surface area is 198 Å². The van der Waals surface area contributed by atoms with Crippen LogP contribution in [0, 0.1) is 19.7 Å². The number of furan rings is 1. The highest BCUT2D eigenvalue weighted by atomic mass is 19.1. The predicted octanol–water partition coefficient (Wildman–Crippen LogP) is 6.23. The van der Waals surface area contributed by atoms with Crippen molar-refractivity contribution in [3.05, 3.63) is 93.2 Å². The molecular formula is C27H21FN2O5. The van der Waals surface area contributed by atoms with Crippen molar-refractivity contribution in [3.63, 3.8) is 0 Å². The Hall–Kier alpha value is -4.46. The Morgan fingerprint density at radius 2 is 1.94 bits per heavy atom. The molecule has 0 fully saturated rings. The Bertz CT molecular complexity index is 1650. The van der Waals surface area contributed by atoms with Crippen LogP contribution in [0.4, 0.5) is 10.1 Å². The van der Waals surface area contributed by atoms with Crippen molar-refractivity contribution in [1.82, 2.24) is 4.98 Å². The van der Waals surface area contributed by atoms with Crippen molar-refractivity contribution < 1.29 is 23.1 Å². The minimum Gasteiger partial charge on any atom is -0.478 e. The number of carboxylic acids is 1. The topological polar surface area (TPSA) is 106 Å². The number of pyridine rings is 1. The van der Waals surface area contributed by atoms with Crippen LogP contribution < -0.4 is 10.7 Å². The van der Waals surface area contributed by atoms with Gasteiger partial charge in [0.1, 0.15) is 22.5 Å². The fraction of sp³-hybridized carbons (Fsp3) is 0.148. The normalized spacial score (nSPS) is 12.2. The summed E-state index contributed by atoms with van der Waals surface area (Å²) in [5.74, 6) is -1.52. The summed E-state index contributed by atoms with van der Waals surface area (Å²) in [6, 6.07) is 10.6. The first-order valence-electron chi connectivity index (χ1n) is 10.9. The molecule has 7 nitrogen and oxygen atoms in total. The van der Waals surface area contributed by atoms with Gasteiger partial charge in [-0.05, 0) is 56.7 Å². The van der Waals surface area contributed by atoms with Gasteiger partial charge in [-0.2, -0.15) is 0 Å². The van der Waals surface area contributed by atoms with Crippen molar-refractivity contribution in [3.8, 4) is 11.5 Å². The molecule has 0 saturated heterocycles. The molecular weight excluding hydrogens is 451 g/mol. The number of aryl methyl sites for hydroxylation is 1. The molecule has 1 atom stereocenters. The molecule has 176 valence electrons. The maximum atomic E-state index is 14.2. The van der Waals surface area contributed by atoms with E-state index in [4.69, 9.17) is 8.83 Å². The van der Waals surface area contributed by atoms with E-state index in [-0.39, 0.29) is 11.1 Å². The fourth-order valence-corrected chi connectivity index (χ4v) is 4.29. The van der Waals surface area contributed by atoms with Crippen molar-refractivity contribution in [1.29, 1.82) is 0 Å². The molecule has 5 rings (SSSR count). The number of nitrogens with zero attached hydrogens (tertiary/aromatic N) is 1. The predicted molar refractivity (Wildman–Crippen MR) is 130 cm³/mol. The van der Waals surface area contributed by atoms with Crippen LogP contribution in [0.25, 0.3) is 33.5 Å². The van der Waals surface area contributed by atoms with Crippen LogP contribution in [-0.2, 0) is 0 Å². The summed E-state index contributed by atoms with van der Waals surface area (Å²) >= 11 is 0. The number of hydrogen-bond donors (Lipinski definition) is 2. The van der Waals surface area contributed by atoms with Crippen LogP contribution in [0.2, 0.25) is 0 Å². The Balaban J connectivity index is 1.68. The smallest absolute Gasteiger partial charge is 0.340 e. The molecule has 8 heteroatoms. The number of fused-ring (bicyclic) bond motifs is 2. The zero-order chi connectivity index (χ0) is 24.9. The Kier molecular flexibility index (Phi) is 5.36. The lowest BCUT2D eigenvalue weighted by Gasteiger charge is -2.20. The van der Waals surface area contributed by atoms with Gasteiger partial charge in [-0.1, -0.05) is 12.1 Å². The number of carbonyl (C=O) groups is 1. The van der Waals surface area contributed by atoms with Crippen molar-refractivity contribution in [2.75, 3.05) is 5.32 Å². The standard InChI is InChI=1S/C27H21FN2O5/c1-13-9-17(15(3)30-20-6-4-5-19(28)23(20)27(32)33)26-18(10-13)24(31)14(2)25(35-26)22-11-16-12-29-8-7-21(16)34-22/h4-12,15,30H,1-3H3,(H,32,33). The highest BCUT2D eigenvalue weighted by molar-refractivity contribution is 5.95. The number of aromatic carboxylic acids is 1. The third-order valence-electron chi connectivity index (χ3n) is 6.00. The van der Waals surface area contributed by atoms with Gasteiger partial charge in [-0.15, -0.1) is 0 Å². The highest BCUT2D eigenvalue weighted by Crippen LogP contribution is 2.34. The quantitative estimate of drug-likeness (QED) is 0.312. The molecule has 5 aromatic rings. The van der Waals surface area contributed by atoms with Gasteiger partial charge in [0.05, 0.1) is 17.1 Å². The van der Waals surface area contributed by atoms with E-state index in [0.717, 1.165) is 17.0 Å². The number of rotatable bonds is 5. The van der Waals surface area contributed by atoms with E-state index in [0.29, 0.717) is 39.2 Å². The van der Waals surface area contributed by atoms with E-state index in [1.165, 1.54) is 12.1 Å². The summed E-state index contributed by atoms with van der Waals surface area (Å²) in [5, 5.41) is 13.7. The summed E-state index contributed by atoms with van der Waals surface area (Å²) in [7, 11) is 0. The molecule has 35 heavy (non-hydrogen) atoms. The van der Waals surface area contributed by atoms with Gasteiger partial charge in [-0.25, -0.2) is 9.18 Å². The van der Waals surface area contributed by atoms with Crippen molar-refractivity contribution >= 4 is 33.6 Å². The summed E-state index contributed by atoms with van der Waals surface area (Å²) < 4.78 is 26.4. The molecule has 3 aromatic heterocycles. The van der Waals surface area contributed by atoms with E-state index in [1.54, 1.807) is 44.4 Å². The van der Waals surface area contributed by atoms with Gasteiger partial charge in [0.25, 0.3) is 0 Å². The summed E-state index contributed by atoms with van der Waals surface area (Å²) in [6.07, 6.45) is 3.28. The van der Waals surface area contributed by atoms with E-state index >= 15 is 0 Å². The summed E-state index contributed by atoms with van der Waals surface area (Å²) in [4.78, 5) is 29.1. The van der Waals surface area contributed by atoms with Gasteiger partial charge in [0.2, 0.25) is 0 Å². The molecule has 0 aliphatic heterocycles. The minimum absolute atomic E-state index is 0.124. The number of halogens is 1. The lowest BCUT2D eigenvalue weighted by molar-refractivity contribution is 0.0693.